The van der Waals surface area contributed by atoms with Crippen LogP contribution < -0.4 is 5.32 Å². The summed E-state index contributed by atoms with van der Waals surface area (Å²) in [6, 6.07) is 0.973. The van der Waals surface area contributed by atoms with E-state index in [2.05, 4.69) is 24.3 Å². The van der Waals surface area contributed by atoms with Gasteiger partial charge in [0.25, 0.3) is 5.91 Å². The fourth-order valence-corrected chi connectivity index (χ4v) is 4.36. The molecule has 0 unspecified atom stereocenters. The van der Waals surface area contributed by atoms with E-state index in [9.17, 15) is 18.3 Å². The van der Waals surface area contributed by atoms with Gasteiger partial charge >= 0.3 is 0 Å². The van der Waals surface area contributed by atoms with Gasteiger partial charge in [0.2, 0.25) is 0 Å². The fourth-order valence-electron chi connectivity index (χ4n) is 2.62. The van der Waals surface area contributed by atoms with Crippen molar-refractivity contribution >= 4 is 15.7 Å². The van der Waals surface area contributed by atoms with Crippen molar-refractivity contribution in [1.82, 2.24) is 15.1 Å². The smallest absolute Gasteiger partial charge is 0.269 e. The van der Waals surface area contributed by atoms with Crippen LogP contribution in [-0.4, -0.2) is 52.9 Å². The van der Waals surface area contributed by atoms with Gasteiger partial charge in [-0.3, -0.25) is 9.48 Å². The number of rotatable bonds is 5. The highest BCUT2D eigenvalue weighted by Gasteiger charge is 2.37. The number of carbonyl (C=O) groups excluding carboxylic acids is 1. The van der Waals surface area contributed by atoms with E-state index in [0.29, 0.717) is 18.2 Å². The highest BCUT2D eigenvalue weighted by Crippen LogP contribution is 2.15. The van der Waals surface area contributed by atoms with E-state index in [1.807, 2.05) is 6.92 Å². The summed E-state index contributed by atoms with van der Waals surface area (Å²) in [4.78, 5) is 12.4. The Kier molecular flexibility index (Phi) is 4.91. The molecule has 1 aliphatic rings. The quantitative estimate of drug-likeness (QED) is 0.791. The summed E-state index contributed by atoms with van der Waals surface area (Å²) in [6.45, 7) is 6.58. The minimum atomic E-state index is -3.29. The molecule has 2 N–H and O–H groups in total. The van der Waals surface area contributed by atoms with Gasteiger partial charge in [-0.2, -0.15) is 5.10 Å². The van der Waals surface area contributed by atoms with Gasteiger partial charge in [-0.25, -0.2) is 8.42 Å². The Balaban J connectivity index is 2.14. The van der Waals surface area contributed by atoms with Gasteiger partial charge < -0.3 is 10.4 Å². The molecule has 1 saturated heterocycles. The molecule has 1 amide bonds. The highest BCUT2D eigenvalue weighted by atomic mass is 32.2. The van der Waals surface area contributed by atoms with E-state index in [4.69, 9.17) is 0 Å². The lowest BCUT2D eigenvalue weighted by molar-refractivity contribution is 0.0878. The normalized spacial score (nSPS) is 23.9. The lowest BCUT2D eigenvalue weighted by Crippen LogP contribution is -2.43. The Bertz CT molecular complexity index is 651. The van der Waals surface area contributed by atoms with Gasteiger partial charge in [0, 0.05) is 6.54 Å². The van der Waals surface area contributed by atoms with Crippen LogP contribution in [-0.2, 0) is 22.8 Å². The number of sulfone groups is 1. The van der Waals surface area contributed by atoms with Crippen LogP contribution in [0.4, 0.5) is 0 Å². The first-order chi connectivity index (χ1) is 10.2. The van der Waals surface area contributed by atoms with Crippen LogP contribution in [0.1, 0.15) is 37.0 Å². The second-order valence-corrected chi connectivity index (χ2v) is 8.31. The van der Waals surface area contributed by atoms with Crippen molar-refractivity contribution in [2.45, 2.75) is 45.9 Å². The molecule has 124 valence electrons. The summed E-state index contributed by atoms with van der Waals surface area (Å²) in [6.07, 6.45) is -0.282. The largest absolute Gasteiger partial charge is 0.390 e. The van der Waals surface area contributed by atoms with Crippen molar-refractivity contribution in [2.24, 2.45) is 5.92 Å². The first kappa shape index (κ1) is 17.0. The molecule has 1 aromatic rings. The molecule has 2 atom stereocenters. The minimum absolute atomic E-state index is 0.223. The molecule has 0 spiro atoms. The fraction of sp³-hybridized carbons (Fsp3) is 0.714. The van der Waals surface area contributed by atoms with Crippen molar-refractivity contribution < 1.29 is 18.3 Å². The third kappa shape index (κ3) is 3.86. The summed E-state index contributed by atoms with van der Waals surface area (Å²) < 4.78 is 24.6. The van der Waals surface area contributed by atoms with E-state index in [0.717, 1.165) is 12.1 Å². The maximum absolute atomic E-state index is 12.4. The second-order valence-electron chi connectivity index (χ2n) is 6.16. The van der Waals surface area contributed by atoms with Crippen LogP contribution in [0.3, 0.4) is 0 Å². The zero-order valence-corrected chi connectivity index (χ0v) is 13.9. The van der Waals surface area contributed by atoms with Gasteiger partial charge in [0.15, 0.2) is 9.84 Å². The average Bonchev–Trinajstić information content (AvgIpc) is 2.89. The van der Waals surface area contributed by atoms with Crippen LogP contribution in [0.15, 0.2) is 6.07 Å². The molecule has 2 heterocycles. The average molecular weight is 329 g/mol. The summed E-state index contributed by atoms with van der Waals surface area (Å²) >= 11 is 0. The third-order valence-electron chi connectivity index (χ3n) is 3.62. The lowest BCUT2D eigenvalue weighted by Gasteiger charge is -2.15. The zero-order valence-electron chi connectivity index (χ0n) is 13.1. The van der Waals surface area contributed by atoms with E-state index < -0.39 is 27.9 Å². The number of aryl methyl sites for hydroxylation is 1. The molecule has 1 fully saturated rings. The SMILES string of the molecule is CCn1nc(CC(C)C)cc1C(=O)N[C@@H]1CS(=O)(=O)C[C@H]1O. The lowest BCUT2D eigenvalue weighted by atomic mass is 10.1. The number of nitrogens with zero attached hydrogens (tertiary/aromatic N) is 2. The van der Waals surface area contributed by atoms with Crippen LogP contribution >= 0.6 is 0 Å². The number of hydrogen-bond donors (Lipinski definition) is 2. The Morgan fingerprint density at radius 2 is 2.18 bits per heavy atom. The minimum Gasteiger partial charge on any atom is -0.390 e. The van der Waals surface area contributed by atoms with Gasteiger partial charge in [-0.05, 0) is 25.3 Å². The van der Waals surface area contributed by atoms with Crippen molar-refractivity contribution in [1.29, 1.82) is 0 Å². The zero-order chi connectivity index (χ0) is 16.5. The third-order valence-corrected chi connectivity index (χ3v) is 5.34. The molecule has 0 radical (unpaired) electrons. The summed E-state index contributed by atoms with van der Waals surface area (Å²) in [5.74, 6) is -0.494. The number of hydrogen-bond acceptors (Lipinski definition) is 5. The summed E-state index contributed by atoms with van der Waals surface area (Å²) in [7, 11) is -3.29. The Hall–Kier alpha value is -1.41. The Labute approximate surface area is 130 Å². The first-order valence-corrected chi connectivity index (χ1v) is 9.30. The van der Waals surface area contributed by atoms with E-state index >= 15 is 0 Å². The van der Waals surface area contributed by atoms with Gasteiger partial charge in [0.1, 0.15) is 5.69 Å². The maximum Gasteiger partial charge on any atom is 0.269 e. The highest BCUT2D eigenvalue weighted by molar-refractivity contribution is 7.91. The molecule has 0 saturated carbocycles. The number of aliphatic hydroxyl groups excluding tert-OH is 1. The second kappa shape index (κ2) is 6.37. The summed E-state index contributed by atoms with van der Waals surface area (Å²) in [5, 5.41) is 16.8. The Morgan fingerprint density at radius 1 is 1.50 bits per heavy atom. The van der Waals surface area contributed by atoms with Crippen molar-refractivity contribution in [3.63, 3.8) is 0 Å². The molecule has 2 rings (SSSR count). The standard InChI is InChI=1S/C14H23N3O4S/c1-4-17-12(6-10(16-17)5-9(2)3)14(19)15-11-7-22(20,21)8-13(11)18/h6,9,11,13,18H,4-5,7-8H2,1-3H3,(H,15,19)/t11-,13-/m1/s1. The molecular weight excluding hydrogens is 306 g/mol. The molecule has 8 heteroatoms. The molecule has 0 bridgehead atoms. The Morgan fingerprint density at radius 3 is 2.68 bits per heavy atom. The maximum atomic E-state index is 12.4. The van der Waals surface area contributed by atoms with E-state index in [1.54, 1.807) is 10.7 Å². The van der Waals surface area contributed by atoms with Crippen molar-refractivity contribution in [3.8, 4) is 0 Å². The molecular formula is C14H23N3O4S. The van der Waals surface area contributed by atoms with Crippen molar-refractivity contribution in [2.75, 3.05) is 11.5 Å². The number of aliphatic hydroxyl groups is 1. The van der Waals surface area contributed by atoms with Gasteiger partial charge in [-0.15, -0.1) is 0 Å². The van der Waals surface area contributed by atoms with E-state index in [-0.39, 0.29) is 11.5 Å². The van der Waals surface area contributed by atoms with Crippen LogP contribution in [0.2, 0.25) is 0 Å². The van der Waals surface area contributed by atoms with Crippen LogP contribution in [0, 0.1) is 5.92 Å². The topological polar surface area (TPSA) is 101 Å². The summed E-state index contributed by atoms with van der Waals surface area (Å²) in [5.41, 5.74) is 1.23. The van der Waals surface area contributed by atoms with Gasteiger partial charge in [0.05, 0.1) is 29.3 Å². The molecule has 7 nitrogen and oxygen atoms in total. The number of nitrogens with one attached hydrogen (secondary N) is 1. The predicted octanol–water partition coefficient (Wildman–Crippen LogP) is -0.0108. The van der Waals surface area contributed by atoms with Gasteiger partial charge in [-0.1, -0.05) is 13.8 Å². The predicted molar refractivity (Wildman–Crippen MR) is 82.4 cm³/mol. The molecule has 0 aromatic carbocycles. The first-order valence-electron chi connectivity index (χ1n) is 7.48. The van der Waals surface area contributed by atoms with E-state index in [1.165, 1.54) is 0 Å². The number of aromatic nitrogens is 2. The molecule has 1 aliphatic heterocycles. The van der Waals surface area contributed by atoms with Crippen LogP contribution in [0.25, 0.3) is 0 Å². The molecule has 1 aromatic heterocycles. The number of amides is 1. The number of carbonyl (C=O) groups is 1. The molecule has 0 aliphatic carbocycles. The monoisotopic (exact) mass is 329 g/mol. The van der Waals surface area contributed by atoms with Crippen molar-refractivity contribution in [3.05, 3.63) is 17.5 Å². The molecule has 22 heavy (non-hydrogen) atoms. The van der Waals surface area contributed by atoms with Crippen LogP contribution in [0.5, 0.6) is 0 Å².